The van der Waals surface area contributed by atoms with Crippen LogP contribution in [0.5, 0.6) is 0 Å². The number of anilines is 3. The Morgan fingerprint density at radius 3 is 1.63 bits per heavy atom. The summed E-state index contributed by atoms with van der Waals surface area (Å²) in [4.78, 5) is 2.41. The van der Waals surface area contributed by atoms with Gasteiger partial charge in [0.05, 0.1) is 22.4 Å². The fourth-order valence-corrected chi connectivity index (χ4v) is 9.50. The van der Waals surface area contributed by atoms with Crippen molar-refractivity contribution in [3.63, 3.8) is 0 Å². The number of para-hydroxylation sites is 6. The van der Waals surface area contributed by atoms with Crippen molar-refractivity contribution in [2.75, 3.05) is 4.90 Å². The summed E-state index contributed by atoms with van der Waals surface area (Å²) in [6.45, 7) is 0. The van der Waals surface area contributed by atoms with Gasteiger partial charge in [-0.3, -0.25) is 0 Å². The summed E-state index contributed by atoms with van der Waals surface area (Å²) in [7, 11) is 0. The topological polar surface area (TPSA) is 21.3 Å². The van der Waals surface area contributed by atoms with Crippen molar-refractivity contribution in [1.82, 2.24) is 4.57 Å². The summed E-state index contributed by atoms with van der Waals surface area (Å²) >= 11 is 0. The second-order valence-corrected chi connectivity index (χ2v) is 16.1. The molecule has 0 aliphatic rings. The van der Waals surface area contributed by atoms with Crippen LogP contribution in [-0.2, 0) is 0 Å². The third-order valence-electron chi connectivity index (χ3n) is 12.4. The zero-order chi connectivity index (χ0) is 41.7. The van der Waals surface area contributed by atoms with Crippen molar-refractivity contribution in [3.05, 3.63) is 243 Å². The van der Waals surface area contributed by atoms with E-state index in [4.69, 9.17) is 4.42 Å². The first kappa shape index (κ1) is 36.5. The van der Waals surface area contributed by atoms with Gasteiger partial charge in [0.2, 0.25) is 0 Å². The van der Waals surface area contributed by atoms with E-state index in [9.17, 15) is 0 Å². The Bertz CT molecular complexity index is 3580. The summed E-state index contributed by atoms with van der Waals surface area (Å²) in [5.74, 6) is 0. The number of fused-ring (bicyclic) bond motifs is 6. The maximum Gasteiger partial charge on any atom is 0.143 e. The fraction of sp³-hybridized carbons (Fsp3) is 0. The molecule has 0 aliphatic heterocycles. The lowest BCUT2D eigenvalue weighted by atomic mass is 9.97. The lowest BCUT2D eigenvalue weighted by Crippen LogP contribution is -2.12. The second-order valence-electron chi connectivity index (χ2n) is 16.1. The number of hydrogen-bond donors (Lipinski definition) is 0. The van der Waals surface area contributed by atoms with Gasteiger partial charge in [-0.15, -0.1) is 0 Å². The molecular formula is C60H40N2O. The molecule has 0 atom stereocenters. The number of aromatic nitrogens is 1. The summed E-state index contributed by atoms with van der Waals surface area (Å²) in [5, 5.41) is 4.72. The molecule has 0 amide bonds. The molecular weight excluding hydrogens is 765 g/mol. The van der Waals surface area contributed by atoms with E-state index in [1.807, 2.05) is 12.1 Å². The van der Waals surface area contributed by atoms with Gasteiger partial charge in [-0.1, -0.05) is 182 Å². The summed E-state index contributed by atoms with van der Waals surface area (Å²) in [6.07, 6.45) is 0. The maximum absolute atomic E-state index is 6.57. The van der Waals surface area contributed by atoms with Gasteiger partial charge in [0.15, 0.2) is 0 Å². The zero-order valence-electron chi connectivity index (χ0n) is 34.4. The molecule has 0 fully saturated rings. The molecule has 0 saturated heterocycles. The van der Waals surface area contributed by atoms with Gasteiger partial charge in [0.25, 0.3) is 0 Å². The van der Waals surface area contributed by atoms with Crippen molar-refractivity contribution in [3.8, 4) is 50.2 Å². The fourth-order valence-electron chi connectivity index (χ4n) is 9.50. The highest BCUT2D eigenvalue weighted by molar-refractivity contribution is 6.11. The van der Waals surface area contributed by atoms with Crippen LogP contribution in [0.15, 0.2) is 247 Å². The Morgan fingerprint density at radius 1 is 0.317 bits per heavy atom. The highest BCUT2D eigenvalue weighted by atomic mass is 16.3. The Morgan fingerprint density at radius 2 is 0.857 bits per heavy atom. The molecule has 0 bridgehead atoms. The third kappa shape index (κ3) is 6.29. The average molecular weight is 805 g/mol. The maximum atomic E-state index is 6.57. The van der Waals surface area contributed by atoms with Gasteiger partial charge in [0, 0.05) is 49.6 Å². The molecule has 12 rings (SSSR count). The van der Waals surface area contributed by atoms with E-state index in [1.54, 1.807) is 0 Å². The van der Waals surface area contributed by atoms with E-state index in [2.05, 4.69) is 240 Å². The van der Waals surface area contributed by atoms with Gasteiger partial charge >= 0.3 is 0 Å². The molecule has 0 aliphatic carbocycles. The minimum atomic E-state index is 0.892. The van der Waals surface area contributed by atoms with Gasteiger partial charge < -0.3 is 13.9 Å². The highest BCUT2D eigenvalue weighted by Crippen LogP contribution is 2.46. The number of benzene rings is 10. The van der Waals surface area contributed by atoms with Crippen LogP contribution in [0.4, 0.5) is 17.1 Å². The molecule has 3 nitrogen and oxygen atoms in total. The molecule has 63 heavy (non-hydrogen) atoms. The van der Waals surface area contributed by atoms with Crippen molar-refractivity contribution >= 4 is 60.8 Å². The van der Waals surface area contributed by atoms with Crippen LogP contribution in [0.3, 0.4) is 0 Å². The van der Waals surface area contributed by atoms with Gasteiger partial charge in [0.1, 0.15) is 11.2 Å². The summed E-state index contributed by atoms with van der Waals surface area (Å²) in [6, 6.07) is 87.1. The Labute approximate surface area is 366 Å². The SMILES string of the molecule is c1ccc(-c2cccc(-c3ccc(N(c4cccc(-c5cccc6c5oc5ccccc56)c4)c4ccccc4-c4ccccc4-n4c5ccccc5c5ccccc54)cc3)c2)cc1. The van der Waals surface area contributed by atoms with Crippen LogP contribution < -0.4 is 4.90 Å². The standard InChI is InChI=1S/C60H40N2O/c1-2-17-41(18-3-1)43-19-14-20-44(39-43)42-35-37-46(38-36-42)61(47-22-15-21-45(40-47)48-28-16-29-54-53-27-8-13-34-59(53)63-60(48)54)55-30-9-4-23-49(55)50-24-5-10-31-56(50)62-57-32-11-6-25-51(57)52-26-7-12-33-58(52)62/h1-40H. The van der Waals surface area contributed by atoms with Gasteiger partial charge in [-0.25, -0.2) is 0 Å². The molecule has 0 N–H and O–H groups in total. The smallest absolute Gasteiger partial charge is 0.143 e. The largest absolute Gasteiger partial charge is 0.455 e. The van der Waals surface area contributed by atoms with E-state index in [1.165, 1.54) is 38.5 Å². The Hall–Kier alpha value is -8.40. The normalized spacial score (nSPS) is 11.5. The van der Waals surface area contributed by atoms with Gasteiger partial charge in [-0.05, 0) is 88.5 Å². The van der Waals surface area contributed by atoms with E-state index in [0.717, 1.165) is 72.5 Å². The lowest BCUT2D eigenvalue weighted by Gasteiger charge is -2.29. The van der Waals surface area contributed by atoms with E-state index < -0.39 is 0 Å². The zero-order valence-corrected chi connectivity index (χ0v) is 34.4. The number of hydrogen-bond acceptors (Lipinski definition) is 2. The van der Waals surface area contributed by atoms with E-state index in [-0.39, 0.29) is 0 Å². The van der Waals surface area contributed by atoms with Crippen LogP contribution in [0, 0.1) is 0 Å². The van der Waals surface area contributed by atoms with Crippen LogP contribution in [0.1, 0.15) is 0 Å². The third-order valence-corrected chi connectivity index (χ3v) is 12.4. The van der Waals surface area contributed by atoms with Crippen molar-refractivity contribution in [1.29, 1.82) is 0 Å². The summed E-state index contributed by atoms with van der Waals surface area (Å²) in [5.41, 5.74) is 17.6. The first-order chi connectivity index (χ1) is 31.3. The van der Waals surface area contributed by atoms with Crippen LogP contribution in [-0.4, -0.2) is 4.57 Å². The number of rotatable bonds is 8. The first-order valence-corrected chi connectivity index (χ1v) is 21.5. The number of furan rings is 1. The van der Waals surface area contributed by atoms with E-state index >= 15 is 0 Å². The molecule has 296 valence electrons. The van der Waals surface area contributed by atoms with Crippen LogP contribution in [0.2, 0.25) is 0 Å². The first-order valence-electron chi connectivity index (χ1n) is 21.5. The number of nitrogens with zero attached hydrogens (tertiary/aromatic N) is 2. The van der Waals surface area contributed by atoms with Crippen molar-refractivity contribution in [2.45, 2.75) is 0 Å². The van der Waals surface area contributed by atoms with Crippen LogP contribution >= 0.6 is 0 Å². The molecule has 0 spiro atoms. The van der Waals surface area contributed by atoms with Crippen molar-refractivity contribution in [2.24, 2.45) is 0 Å². The Balaban J connectivity index is 1.04. The van der Waals surface area contributed by atoms with Crippen molar-refractivity contribution < 1.29 is 4.42 Å². The molecule has 2 aromatic heterocycles. The lowest BCUT2D eigenvalue weighted by molar-refractivity contribution is 0.670. The monoisotopic (exact) mass is 804 g/mol. The molecule has 3 heteroatoms. The predicted octanol–water partition coefficient (Wildman–Crippen LogP) is 16.8. The summed E-state index contributed by atoms with van der Waals surface area (Å²) < 4.78 is 8.99. The van der Waals surface area contributed by atoms with Gasteiger partial charge in [-0.2, -0.15) is 0 Å². The minimum absolute atomic E-state index is 0.892. The molecule has 2 heterocycles. The average Bonchev–Trinajstić information content (AvgIpc) is 3.91. The Kier molecular flexibility index (Phi) is 8.83. The quantitative estimate of drug-likeness (QED) is 0.153. The van der Waals surface area contributed by atoms with Crippen LogP contribution in [0.25, 0.3) is 93.9 Å². The molecule has 0 radical (unpaired) electrons. The van der Waals surface area contributed by atoms with E-state index in [0.29, 0.717) is 0 Å². The minimum Gasteiger partial charge on any atom is -0.455 e. The molecule has 0 saturated carbocycles. The highest BCUT2D eigenvalue weighted by Gasteiger charge is 2.22. The predicted molar refractivity (Wildman–Crippen MR) is 264 cm³/mol. The molecule has 10 aromatic carbocycles. The molecule has 0 unspecified atom stereocenters. The molecule has 12 aromatic rings. The second kappa shape index (κ2) is 15.3.